The molecule has 3 aromatic rings. The highest BCUT2D eigenvalue weighted by Crippen LogP contribution is 2.47. The van der Waals surface area contributed by atoms with E-state index in [2.05, 4.69) is 15.5 Å². The second kappa shape index (κ2) is 10.8. The number of hydrogen-bond acceptors (Lipinski definition) is 3. The Morgan fingerprint density at radius 2 is 1.67 bits per heavy atom. The van der Waals surface area contributed by atoms with E-state index in [4.69, 9.17) is 0 Å². The quantitative estimate of drug-likeness (QED) is 0.395. The molecule has 1 N–H and O–H groups in total. The molecule has 1 aliphatic carbocycles. The van der Waals surface area contributed by atoms with Crippen LogP contribution in [0.2, 0.25) is 0 Å². The van der Waals surface area contributed by atoms with Crippen molar-refractivity contribution >= 4 is 40.9 Å². The number of halogens is 3. The van der Waals surface area contributed by atoms with E-state index in [1.807, 2.05) is 24.3 Å². The molecule has 9 heteroatoms. The molecule has 0 radical (unpaired) electrons. The van der Waals surface area contributed by atoms with Gasteiger partial charge < -0.3 is 19.5 Å². The Morgan fingerprint density at radius 3 is 2.38 bits per heavy atom. The number of anilines is 1. The first-order chi connectivity index (χ1) is 18.3. The van der Waals surface area contributed by atoms with Gasteiger partial charge in [0.05, 0.1) is 17.8 Å². The number of carboxylic acid groups (broad SMARTS) is 1. The number of amides is 1. The molecule has 6 rings (SSSR count). The molecule has 0 spiro atoms. The van der Waals surface area contributed by atoms with E-state index in [1.54, 1.807) is 17.0 Å². The third-order valence-corrected chi connectivity index (χ3v) is 8.63. The van der Waals surface area contributed by atoms with Gasteiger partial charge in [-0.25, -0.2) is 13.6 Å². The minimum absolute atomic E-state index is 0. The van der Waals surface area contributed by atoms with Gasteiger partial charge in [0, 0.05) is 61.2 Å². The number of benzene rings is 2. The number of likely N-dealkylation sites (tertiary alicyclic amines) is 1. The van der Waals surface area contributed by atoms with Crippen LogP contribution in [0.4, 0.5) is 14.5 Å². The highest BCUT2D eigenvalue weighted by molar-refractivity contribution is 6.00. The van der Waals surface area contributed by atoms with Crippen LogP contribution in [0.5, 0.6) is 0 Å². The van der Waals surface area contributed by atoms with E-state index < -0.39 is 11.9 Å². The summed E-state index contributed by atoms with van der Waals surface area (Å²) in [5.41, 5.74) is 5.59. The maximum atomic E-state index is 13.7. The number of piperidine rings is 1. The standard InChI is InChI=1S/C30H33F2N3O3.ClH/c31-30(32)12-14-33(15-13-30)26(36)19-34-16-17-35-25-18-21(29(37)38)10-11-22(25)27(20-6-2-1-3-7-20)28(35)23-8-4-5-9-24(23)34;/h4-5,8-11,18,20H,1-3,6-7,12-17,19H2,(H,37,38);1H. The number of alkyl halides is 2. The maximum Gasteiger partial charge on any atom is 0.335 e. The van der Waals surface area contributed by atoms with Gasteiger partial charge in [0.2, 0.25) is 5.91 Å². The molecule has 3 heterocycles. The third kappa shape index (κ3) is 5.11. The summed E-state index contributed by atoms with van der Waals surface area (Å²) < 4.78 is 29.6. The van der Waals surface area contributed by atoms with E-state index in [0.717, 1.165) is 40.7 Å². The summed E-state index contributed by atoms with van der Waals surface area (Å²) in [6.45, 7) is 1.45. The van der Waals surface area contributed by atoms with Crippen LogP contribution >= 0.6 is 12.4 Å². The van der Waals surface area contributed by atoms with Crippen molar-refractivity contribution in [3.63, 3.8) is 0 Å². The Labute approximate surface area is 233 Å². The van der Waals surface area contributed by atoms with Gasteiger partial charge in [0.15, 0.2) is 0 Å². The van der Waals surface area contributed by atoms with Crippen LogP contribution in [-0.4, -0.2) is 58.6 Å². The molecule has 2 aromatic carbocycles. The first kappa shape index (κ1) is 27.4. The number of nitrogens with zero attached hydrogens (tertiary/aromatic N) is 3. The first-order valence-electron chi connectivity index (χ1n) is 13.7. The molecule has 1 saturated carbocycles. The molecule has 2 fully saturated rings. The second-order valence-corrected chi connectivity index (χ2v) is 11.0. The van der Waals surface area contributed by atoms with Gasteiger partial charge in [-0.2, -0.15) is 0 Å². The fraction of sp³-hybridized carbons (Fsp3) is 0.467. The summed E-state index contributed by atoms with van der Waals surface area (Å²) in [4.78, 5) is 28.7. The Bertz CT molecular complexity index is 1390. The second-order valence-electron chi connectivity index (χ2n) is 11.0. The summed E-state index contributed by atoms with van der Waals surface area (Å²) in [6, 6.07) is 13.6. The van der Waals surface area contributed by atoms with Crippen molar-refractivity contribution < 1.29 is 23.5 Å². The van der Waals surface area contributed by atoms with Crippen LogP contribution < -0.4 is 4.90 Å². The van der Waals surface area contributed by atoms with Gasteiger partial charge in [0.1, 0.15) is 0 Å². The Hall–Kier alpha value is -3.13. The fourth-order valence-corrected chi connectivity index (χ4v) is 6.64. The van der Waals surface area contributed by atoms with Gasteiger partial charge in [-0.05, 0) is 42.5 Å². The first-order valence-corrected chi connectivity index (χ1v) is 13.7. The topological polar surface area (TPSA) is 65.8 Å². The predicted octanol–water partition coefficient (Wildman–Crippen LogP) is 6.55. The number of carbonyl (C=O) groups excluding carboxylic acids is 1. The predicted molar refractivity (Wildman–Crippen MR) is 150 cm³/mol. The molecule has 1 amide bonds. The van der Waals surface area contributed by atoms with Crippen LogP contribution in [0.15, 0.2) is 42.5 Å². The average molecular weight is 558 g/mol. The molecule has 208 valence electrons. The van der Waals surface area contributed by atoms with Crippen LogP contribution in [0.25, 0.3) is 22.2 Å². The van der Waals surface area contributed by atoms with Crippen molar-refractivity contribution in [2.45, 2.75) is 63.3 Å². The van der Waals surface area contributed by atoms with E-state index in [-0.39, 0.29) is 56.4 Å². The summed E-state index contributed by atoms with van der Waals surface area (Å²) in [5, 5.41) is 10.8. The molecule has 0 unspecified atom stereocenters. The summed E-state index contributed by atoms with van der Waals surface area (Å²) in [7, 11) is 0. The van der Waals surface area contributed by atoms with Crippen LogP contribution in [0.1, 0.15) is 66.8 Å². The monoisotopic (exact) mass is 557 g/mol. The Morgan fingerprint density at radius 1 is 0.949 bits per heavy atom. The maximum absolute atomic E-state index is 13.7. The molecular weight excluding hydrogens is 524 g/mol. The van der Waals surface area contributed by atoms with Crippen molar-refractivity contribution in [1.82, 2.24) is 9.47 Å². The highest BCUT2D eigenvalue weighted by Gasteiger charge is 2.36. The Kier molecular flexibility index (Phi) is 7.60. The molecule has 6 nitrogen and oxygen atoms in total. The number of aromatic nitrogens is 1. The molecule has 0 atom stereocenters. The molecule has 0 bridgehead atoms. The summed E-state index contributed by atoms with van der Waals surface area (Å²) in [5.74, 6) is -3.38. The molecule has 3 aliphatic rings. The number of rotatable bonds is 4. The van der Waals surface area contributed by atoms with Gasteiger partial charge in [-0.15, -0.1) is 12.4 Å². The molecular formula is C30H34ClF2N3O3. The normalized spacial score (nSPS) is 19.1. The third-order valence-electron chi connectivity index (χ3n) is 8.63. The van der Waals surface area contributed by atoms with Crippen molar-refractivity contribution in [3.8, 4) is 11.3 Å². The molecule has 2 aliphatic heterocycles. The number of carbonyl (C=O) groups is 2. The lowest BCUT2D eigenvalue weighted by Gasteiger charge is -2.34. The van der Waals surface area contributed by atoms with Crippen LogP contribution in [0.3, 0.4) is 0 Å². The molecule has 1 aromatic heterocycles. The number of para-hydroxylation sites is 1. The fourth-order valence-electron chi connectivity index (χ4n) is 6.64. The molecule has 39 heavy (non-hydrogen) atoms. The summed E-state index contributed by atoms with van der Waals surface area (Å²) in [6.07, 6.45) is 5.24. The van der Waals surface area contributed by atoms with Crippen LogP contribution in [0, 0.1) is 0 Å². The zero-order valence-electron chi connectivity index (χ0n) is 21.9. The highest BCUT2D eigenvalue weighted by atomic mass is 35.5. The zero-order valence-corrected chi connectivity index (χ0v) is 22.7. The van der Waals surface area contributed by atoms with Gasteiger partial charge in [0.25, 0.3) is 5.92 Å². The average Bonchev–Trinajstić information content (AvgIpc) is 3.15. The number of aromatic carboxylic acids is 1. The van der Waals surface area contributed by atoms with E-state index in [0.29, 0.717) is 19.0 Å². The van der Waals surface area contributed by atoms with E-state index in [1.165, 1.54) is 24.8 Å². The minimum Gasteiger partial charge on any atom is -0.478 e. The lowest BCUT2D eigenvalue weighted by Crippen LogP contribution is -2.47. The summed E-state index contributed by atoms with van der Waals surface area (Å²) >= 11 is 0. The lowest BCUT2D eigenvalue weighted by molar-refractivity contribution is -0.135. The largest absolute Gasteiger partial charge is 0.478 e. The smallest absolute Gasteiger partial charge is 0.335 e. The van der Waals surface area contributed by atoms with Crippen LogP contribution in [-0.2, 0) is 11.3 Å². The lowest BCUT2D eigenvalue weighted by atomic mass is 9.81. The molecule has 1 saturated heterocycles. The SMILES string of the molecule is Cl.O=C(O)c1ccc2c(C3CCCCC3)c3n(c2c1)CCN(CC(=O)N1CCC(F)(F)CC1)c1ccccc1-3. The van der Waals surface area contributed by atoms with Gasteiger partial charge in [-0.1, -0.05) is 43.5 Å². The zero-order chi connectivity index (χ0) is 26.4. The van der Waals surface area contributed by atoms with E-state index >= 15 is 0 Å². The van der Waals surface area contributed by atoms with Crippen molar-refractivity contribution in [2.24, 2.45) is 0 Å². The van der Waals surface area contributed by atoms with Crippen molar-refractivity contribution in [2.75, 3.05) is 31.1 Å². The van der Waals surface area contributed by atoms with Gasteiger partial charge >= 0.3 is 5.97 Å². The van der Waals surface area contributed by atoms with Gasteiger partial charge in [-0.3, -0.25) is 4.79 Å². The minimum atomic E-state index is -2.69. The number of fused-ring (bicyclic) bond motifs is 5. The number of carboxylic acids is 1. The van der Waals surface area contributed by atoms with Crippen molar-refractivity contribution in [3.05, 3.63) is 53.6 Å². The Balaban J connectivity index is 0.00000308. The van der Waals surface area contributed by atoms with E-state index in [9.17, 15) is 23.5 Å². The number of hydrogen-bond donors (Lipinski definition) is 1. The van der Waals surface area contributed by atoms with Crippen molar-refractivity contribution in [1.29, 1.82) is 0 Å².